The Balaban J connectivity index is 2.32. The van der Waals surface area contributed by atoms with E-state index < -0.39 is 11.7 Å². The average Bonchev–Trinajstić information content (AvgIpc) is 2.31. The van der Waals surface area contributed by atoms with E-state index in [4.69, 9.17) is 0 Å². The number of alkyl halides is 3. The summed E-state index contributed by atoms with van der Waals surface area (Å²) in [6, 6.07) is 5.51. The van der Waals surface area contributed by atoms with Crippen LogP contribution in [0.4, 0.5) is 13.2 Å². The van der Waals surface area contributed by atoms with Gasteiger partial charge in [-0.15, -0.1) is 0 Å². The van der Waals surface area contributed by atoms with E-state index in [1.807, 2.05) is 0 Å². The van der Waals surface area contributed by atoms with Crippen molar-refractivity contribution in [1.29, 1.82) is 0 Å². The van der Waals surface area contributed by atoms with Crippen LogP contribution in [0.15, 0.2) is 41.4 Å². The summed E-state index contributed by atoms with van der Waals surface area (Å²) in [7, 11) is 0. The van der Waals surface area contributed by atoms with Gasteiger partial charge in [-0.05, 0) is 33.1 Å². The highest BCUT2D eigenvalue weighted by Gasteiger charge is 2.32. The first-order chi connectivity index (χ1) is 8.47. The predicted octanol–water partition coefficient (Wildman–Crippen LogP) is 3.85. The Labute approximate surface area is 110 Å². The number of nitrogens with zero attached hydrogens (tertiary/aromatic N) is 2. The van der Waals surface area contributed by atoms with Gasteiger partial charge in [-0.2, -0.15) is 13.2 Å². The van der Waals surface area contributed by atoms with Crippen LogP contribution in [-0.4, -0.2) is 9.97 Å². The Morgan fingerprint density at radius 2 is 1.67 bits per heavy atom. The number of rotatable bonds is 2. The van der Waals surface area contributed by atoms with Crippen LogP contribution in [0.25, 0.3) is 0 Å². The molecule has 0 N–H and O–H groups in total. The van der Waals surface area contributed by atoms with Gasteiger partial charge in [-0.3, -0.25) is 0 Å². The zero-order chi connectivity index (χ0) is 13.2. The third-order valence-corrected chi connectivity index (χ3v) is 2.80. The first-order valence-corrected chi connectivity index (χ1v) is 5.87. The van der Waals surface area contributed by atoms with Crippen LogP contribution in [0, 0.1) is 0 Å². The zero-order valence-electron chi connectivity index (χ0n) is 9.08. The van der Waals surface area contributed by atoms with Crippen LogP contribution in [0.5, 0.6) is 0 Å². The molecular formula is C12H8BrF3N2. The van der Waals surface area contributed by atoms with Crippen LogP contribution >= 0.6 is 15.9 Å². The zero-order valence-corrected chi connectivity index (χ0v) is 10.7. The maximum absolute atomic E-state index is 12.8. The minimum absolute atomic E-state index is 0.156. The first kappa shape index (κ1) is 13.0. The molecule has 2 rings (SSSR count). The van der Waals surface area contributed by atoms with Crippen molar-refractivity contribution in [2.75, 3.05) is 0 Å². The summed E-state index contributed by atoms with van der Waals surface area (Å²) in [5, 5.41) is 0. The van der Waals surface area contributed by atoms with Crippen molar-refractivity contribution in [3.63, 3.8) is 0 Å². The molecule has 2 nitrogen and oxygen atoms in total. The van der Waals surface area contributed by atoms with E-state index >= 15 is 0 Å². The Morgan fingerprint density at radius 3 is 2.28 bits per heavy atom. The number of halogens is 4. The Morgan fingerprint density at radius 1 is 1.06 bits per heavy atom. The van der Waals surface area contributed by atoms with Gasteiger partial charge in [0.25, 0.3) is 0 Å². The standard InChI is InChI=1S/C12H8BrF3N2/c13-11-17-6-8(7-18-11)5-9-3-1-2-4-10(9)12(14,15)16/h1-4,6-7H,5H2. The van der Waals surface area contributed by atoms with Gasteiger partial charge >= 0.3 is 6.18 Å². The molecule has 0 atom stereocenters. The second kappa shape index (κ2) is 5.06. The molecule has 0 spiro atoms. The Bertz CT molecular complexity index is 538. The van der Waals surface area contributed by atoms with Gasteiger partial charge in [-0.1, -0.05) is 18.2 Å². The van der Waals surface area contributed by atoms with Crippen molar-refractivity contribution >= 4 is 15.9 Å². The molecule has 0 aliphatic carbocycles. The molecule has 1 aromatic carbocycles. The third kappa shape index (κ3) is 3.07. The normalized spacial score (nSPS) is 11.6. The van der Waals surface area contributed by atoms with Gasteiger partial charge in [0.2, 0.25) is 0 Å². The Hall–Kier alpha value is -1.43. The van der Waals surface area contributed by atoms with E-state index in [2.05, 4.69) is 25.9 Å². The summed E-state index contributed by atoms with van der Waals surface area (Å²) < 4.78 is 38.7. The fourth-order valence-corrected chi connectivity index (χ4v) is 1.81. The molecule has 1 heterocycles. The first-order valence-electron chi connectivity index (χ1n) is 5.08. The summed E-state index contributed by atoms with van der Waals surface area (Å²) in [5.41, 5.74) is 0.235. The molecule has 0 amide bonds. The Kier molecular flexibility index (Phi) is 3.65. The smallest absolute Gasteiger partial charge is 0.230 e. The lowest BCUT2D eigenvalue weighted by Crippen LogP contribution is -2.09. The molecule has 18 heavy (non-hydrogen) atoms. The highest BCUT2D eigenvalue weighted by molar-refractivity contribution is 9.10. The number of hydrogen-bond donors (Lipinski definition) is 0. The van der Waals surface area contributed by atoms with Crippen LogP contribution in [-0.2, 0) is 12.6 Å². The summed E-state index contributed by atoms with van der Waals surface area (Å²) >= 11 is 3.07. The molecule has 0 unspecified atom stereocenters. The minimum Gasteiger partial charge on any atom is -0.230 e. The van der Waals surface area contributed by atoms with E-state index in [1.54, 1.807) is 6.07 Å². The van der Waals surface area contributed by atoms with E-state index in [9.17, 15) is 13.2 Å². The van der Waals surface area contributed by atoms with E-state index in [-0.39, 0.29) is 12.0 Å². The summed E-state index contributed by atoms with van der Waals surface area (Å²) in [6.07, 6.45) is -1.18. The lowest BCUT2D eigenvalue weighted by atomic mass is 10.0. The van der Waals surface area contributed by atoms with Gasteiger partial charge < -0.3 is 0 Å². The van der Waals surface area contributed by atoms with Crippen molar-refractivity contribution < 1.29 is 13.2 Å². The number of hydrogen-bond acceptors (Lipinski definition) is 2. The average molecular weight is 317 g/mol. The molecule has 1 aromatic heterocycles. The fourth-order valence-electron chi connectivity index (χ4n) is 1.60. The van der Waals surface area contributed by atoms with E-state index in [0.717, 1.165) is 6.07 Å². The minimum atomic E-state index is -4.34. The molecule has 0 bridgehead atoms. The van der Waals surface area contributed by atoms with Gasteiger partial charge in [-0.25, -0.2) is 9.97 Å². The molecule has 0 fully saturated rings. The van der Waals surface area contributed by atoms with Crippen LogP contribution in [0.3, 0.4) is 0 Å². The SMILES string of the molecule is FC(F)(F)c1ccccc1Cc1cnc(Br)nc1. The van der Waals surface area contributed by atoms with Crippen LogP contribution < -0.4 is 0 Å². The van der Waals surface area contributed by atoms with Gasteiger partial charge in [0.05, 0.1) is 5.56 Å². The maximum Gasteiger partial charge on any atom is 0.416 e. The molecular weight excluding hydrogens is 309 g/mol. The molecule has 0 aliphatic rings. The molecule has 0 radical (unpaired) electrons. The van der Waals surface area contributed by atoms with Gasteiger partial charge in [0, 0.05) is 18.8 Å². The van der Waals surface area contributed by atoms with Crippen molar-refractivity contribution in [3.05, 3.63) is 58.1 Å². The molecule has 6 heteroatoms. The van der Waals surface area contributed by atoms with Gasteiger partial charge in [0.15, 0.2) is 4.73 Å². The summed E-state index contributed by atoms with van der Waals surface area (Å²) in [6.45, 7) is 0. The molecule has 94 valence electrons. The molecule has 0 saturated carbocycles. The monoisotopic (exact) mass is 316 g/mol. The van der Waals surface area contributed by atoms with Crippen molar-refractivity contribution in [2.45, 2.75) is 12.6 Å². The lowest BCUT2D eigenvalue weighted by molar-refractivity contribution is -0.138. The topological polar surface area (TPSA) is 25.8 Å². The highest BCUT2D eigenvalue weighted by atomic mass is 79.9. The fraction of sp³-hybridized carbons (Fsp3) is 0.167. The largest absolute Gasteiger partial charge is 0.416 e. The number of aromatic nitrogens is 2. The van der Waals surface area contributed by atoms with Crippen molar-refractivity contribution in [1.82, 2.24) is 9.97 Å². The van der Waals surface area contributed by atoms with Crippen LogP contribution in [0.2, 0.25) is 0 Å². The molecule has 0 aliphatic heterocycles. The highest BCUT2D eigenvalue weighted by Crippen LogP contribution is 2.32. The van der Waals surface area contributed by atoms with Crippen molar-refractivity contribution in [2.24, 2.45) is 0 Å². The maximum atomic E-state index is 12.8. The number of benzene rings is 1. The third-order valence-electron chi connectivity index (χ3n) is 2.39. The second-order valence-electron chi connectivity index (χ2n) is 3.69. The quantitative estimate of drug-likeness (QED) is 0.786. The van der Waals surface area contributed by atoms with E-state index in [1.165, 1.54) is 24.5 Å². The summed E-state index contributed by atoms with van der Waals surface area (Å²) in [4.78, 5) is 7.78. The van der Waals surface area contributed by atoms with Crippen LogP contribution in [0.1, 0.15) is 16.7 Å². The van der Waals surface area contributed by atoms with Gasteiger partial charge in [0.1, 0.15) is 0 Å². The van der Waals surface area contributed by atoms with E-state index in [0.29, 0.717) is 10.3 Å². The predicted molar refractivity (Wildman–Crippen MR) is 64.0 cm³/mol. The molecule has 0 saturated heterocycles. The summed E-state index contributed by atoms with van der Waals surface area (Å²) in [5.74, 6) is 0. The van der Waals surface area contributed by atoms with Crippen molar-refractivity contribution in [3.8, 4) is 0 Å². The molecule has 2 aromatic rings. The second-order valence-corrected chi connectivity index (χ2v) is 4.40. The lowest BCUT2D eigenvalue weighted by Gasteiger charge is -2.12.